The lowest BCUT2D eigenvalue weighted by Crippen LogP contribution is -2.10. The van der Waals surface area contributed by atoms with Crippen LogP contribution in [0.3, 0.4) is 0 Å². The zero-order valence-electron chi connectivity index (χ0n) is 5.74. The van der Waals surface area contributed by atoms with Crippen LogP contribution in [0.15, 0.2) is 19.0 Å². The Morgan fingerprint density at radius 2 is 2.70 bits per heavy atom. The summed E-state index contributed by atoms with van der Waals surface area (Å²) >= 11 is 1.35. The summed E-state index contributed by atoms with van der Waals surface area (Å²) in [6, 6.07) is 0.257. The number of nitrogens with zero attached hydrogens (tertiary/aromatic N) is 2. The quantitative estimate of drug-likeness (QED) is 0.672. The Bertz CT molecular complexity index is 195. The molecule has 1 N–H and O–H groups in total. The molecule has 0 amide bonds. The van der Waals surface area contributed by atoms with Crippen LogP contribution in [0.1, 0.15) is 6.92 Å². The molecule has 1 aromatic heterocycles. The molecule has 0 aliphatic carbocycles. The topological polar surface area (TPSA) is 37.8 Å². The van der Waals surface area contributed by atoms with Crippen LogP contribution in [0, 0.1) is 0 Å². The molecule has 0 bridgehead atoms. The summed E-state index contributed by atoms with van der Waals surface area (Å²) in [5.41, 5.74) is 0. The largest absolute Gasteiger partial charge is 0.354 e. The van der Waals surface area contributed by atoms with Crippen molar-refractivity contribution in [2.45, 2.75) is 13.0 Å². The Labute approximate surface area is 64.0 Å². The van der Waals surface area contributed by atoms with E-state index in [-0.39, 0.29) is 6.04 Å². The third-order valence-corrected chi connectivity index (χ3v) is 1.66. The average Bonchev–Trinajstić information content (AvgIpc) is 2.40. The van der Waals surface area contributed by atoms with Gasteiger partial charge in [-0.15, -0.1) is 6.58 Å². The van der Waals surface area contributed by atoms with Gasteiger partial charge in [0.05, 0.1) is 0 Å². The van der Waals surface area contributed by atoms with E-state index < -0.39 is 0 Å². The molecule has 0 aromatic carbocycles. The van der Waals surface area contributed by atoms with Crippen molar-refractivity contribution < 1.29 is 0 Å². The molecule has 0 radical (unpaired) electrons. The second-order valence-electron chi connectivity index (χ2n) is 1.92. The van der Waals surface area contributed by atoms with E-state index >= 15 is 0 Å². The van der Waals surface area contributed by atoms with Crippen LogP contribution in [-0.4, -0.2) is 15.4 Å². The summed E-state index contributed by atoms with van der Waals surface area (Å²) < 4.78 is 3.84. The van der Waals surface area contributed by atoms with Crippen molar-refractivity contribution in [2.75, 3.05) is 5.32 Å². The number of rotatable bonds is 3. The minimum absolute atomic E-state index is 0.257. The first-order valence-corrected chi connectivity index (χ1v) is 3.76. The molecular weight excluding hydrogens is 146 g/mol. The Balaban J connectivity index is 2.47. The predicted octanol–water partition coefficient (Wildman–Crippen LogP) is 1.52. The van der Waals surface area contributed by atoms with E-state index in [9.17, 15) is 0 Å². The maximum absolute atomic E-state index is 3.95. The van der Waals surface area contributed by atoms with Gasteiger partial charge in [-0.25, -0.2) is 4.98 Å². The van der Waals surface area contributed by atoms with E-state index in [0.29, 0.717) is 0 Å². The van der Waals surface area contributed by atoms with Gasteiger partial charge >= 0.3 is 0 Å². The molecule has 3 nitrogen and oxygen atoms in total. The van der Waals surface area contributed by atoms with Gasteiger partial charge in [0.1, 0.15) is 6.33 Å². The highest BCUT2D eigenvalue weighted by Gasteiger charge is 1.97. The molecule has 1 heterocycles. The molecule has 1 rings (SSSR count). The highest BCUT2D eigenvalue weighted by Crippen LogP contribution is 2.07. The van der Waals surface area contributed by atoms with Crippen molar-refractivity contribution in [1.82, 2.24) is 9.36 Å². The van der Waals surface area contributed by atoms with Crippen molar-refractivity contribution >= 4 is 16.7 Å². The van der Waals surface area contributed by atoms with Crippen molar-refractivity contribution in [3.63, 3.8) is 0 Å². The average molecular weight is 155 g/mol. The van der Waals surface area contributed by atoms with Crippen LogP contribution in [0.25, 0.3) is 0 Å². The molecule has 0 spiro atoms. The molecule has 1 aromatic rings. The molecule has 0 saturated carbocycles. The summed E-state index contributed by atoms with van der Waals surface area (Å²) in [6.07, 6.45) is 3.35. The normalized spacial score (nSPS) is 12.5. The fourth-order valence-corrected chi connectivity index (χ4v) is 1.02. The first kappa shape index (κ1) is 7.21. The highest BCUT2D eigenvalue weighted by molar-refractivity contribution is 7.09. The third-order valence-electron chi connectivity index (χ3n) is 1.07. The monoisotopic (exact) mass is 155 g/mol. The summed E-state index contributed by atoms with van der Waals surface area (Å²) in [4.78, 5) is 3.95. The zero-order chi connectivity index (χ0) is 7.40. The number of nitrogens with one attached hydrogen (secondary N) is 1. The summed E-state index contributed by atoms with van der Waals surface area (Å²) in [7, 11) is 0. The maximum Gasteiger partial charge on any atom is 0.202 e. The molecule has 10 heavy (non-hydrogen) atoms. The van der Waals surface area contributed by atoms with Crippen LogP contribution >= 0.6 is 11.5 Å². The standard InChI is InChI=1S/C6H9N3S/c1-3-5(2)9-6-7-4-8-10-6/h3-5H,1H2,2H3,(H,7,8,9). The summed E-state index contributed by atoms with van der Waals surface area (Å²) in [6.45, 7) is 5.64. The first-order valence-electron chi connectivity index (χ1n) is 2.98. The van der Waals surface area contributed by atoms with E-state index in [1.165, 1.54) is 17.9 Å². The fourth-order valence-electron chi connectivity index (χ4n) is 0.490. The molecule has 1 atom stereocenters. The molecular formula is C6H9N3S. The van der Waals surface area contributed by atoms with Gasteiger partial charge in [-0.3, -0.25) is 0 Å². The molecule has 0 aliphatic rings. The Kier molecular flexibility index (Phi) is 2.39. The lowest BCUT2D eigenvalue weighted by atomic mass is 10.3. The van der Waals surface area contributed by atoms with Gasteiger partial charge in [0.15, 0.2) is 0 Å². The van der Waals surface area contributed by atoms with E-state index in [4.69, 9.17) is 0 Å². The maximum atomic E-state index is 3.95. The predicted molar refractivity (Wildman–Crippen MR) is 43.2 cm³/mol. The van der Waals surface area contributed by atoms with E-state index in [1.807, 2.05) is 13.0 Å². The summed E-state index contributed by atoms with van der Waals surface area (Å²) in [5, 5.41) is 3.94. The van der Waals surface area contributed by atoms with Crippen LogP contribution in [0.4, 0.5) is 5.13 Å². The number of hydrogen-bond donors (Lipinski definition) is 1. The van der Waals surface area contributed by atoms with Gasteiger partial charge in [-0.05, 0) is 6.92 Å². The zero-order valence-corrected chi connectivity index (χ0v) is 6.56. The van der Waals surface area contributed by atoms with Gasteiger partial charge in [-0.1, -0.05) is 6.08 Å². The number of hydrogen-bond acceptors (Lipinski definition) is 4. The van der Waals surface area contributed by atoms with Crippen molar-refractivity contribution in [3.05, 3.63) is 19.0 Å². The Hall–Kier alpha value is -0.900. The molecule has 1 unspecified atom stereocenters. The molecule has 54 valence electrons. The van der Waals surface area contributed by atoms with Crippen LogP contribution < -0.4 is 5.32 Å². The van der Waals surface area contributed by atoms with E-state index in [1.54, 1.807) is 0 Å². The second kappa shape index (κ2) is 3.31. The van der Waals surface area contributed by atoms with Crippen LogP contribution in [-0.2, 0) is 0 Å². The SMILES string of the molecule is C=CC(C)Nc1ncns1. The second-order valence-corrected chi connectivity index (χ2v) is 2.70. The highest BCUT2D eigenvalue weighted by atomic mass is 32.1. The van der Waals surface area contributed by atoms with Crippen molar-refractivity contribution in [2.24, 2.45) is 0 Å². The van der Waals surface area contributed by atoms with E-state index in [0.717, 1.165) is 5.13 Å². The van der Waals surface area contributed by atoms with Gasteiger partial charge in [0, 0.05) is 17.6 Å². The lowest BCUT2D eigenvalue weighted by Gasteiger charge is -2.04. The van der Waals surface area contributed by atoms with Gasteiger partial charge in [0.2, 0.25) is 5.13 Å². The van der Waals surface area contributed by atoms with E-state index in [2.05, 4.69) is 21.3 Å². The smallest absolute Gasteiger partial charge is 0.202 e. The minimum atomic E-state index is 0.257. The van der Waals surface area contributed by atoms with Crippen molar-refractivity contribution in [1.29, 1.82) is 0 Å². The third kappa shape index (κ3) is 1.80. The summed E-state index contributed by atoms with van der Waals surface area (Å²) in [5.74, 6) is 0. The van der Waals surface area contributed by atoms with Gasteiger partial charge in [0.25, 0.3) is 0 Å². The molecule has 0 saturated heterocycles. The lowest BCUT2D eigenvalue weighted by molar-refractivity contribution is 0.995. The minimum Gasteiger partial charge on any atom is -0.354 e. The van der Waals surface area contributed by atoms with Crippen LogP contribution in [0.5, 0.6) is 0 Å². The Morgan fingerprint density at radius 1 is 1.90 bits per heavy atom. The molecule has 0 fully saturated rings. The van der Waals surface area contributed by atoms with Crippen molar-refractivity contribution in [3.8, 4) is 0 Å². The van der Waals surface area contributed by atoms with Gasteiger partial charge < -0.3 is 5.32 Å². The van der Waals surface area contributed by atoms with Gasteiger partial charge in [-0.2, -0.15) is 4.37 Å². The fraction of sp³-hybridized carbons (Fsp3) is 0.333. The first-order chi connectivity index (χ1) is 4.83. The number of anilines is 1. The number of aromatic nitrogens is 2. The van der Waals surface area contributed by atoms with Crippen LogP contribution in [0.2, 0.25) is 0 Å². The molecule has 0 aliphatic heterocycles. The molecule has 4 heteroatoms. The Morgan fingerprint density at radius 3 is 3.20 bits per heavy atom.